The minimum absolute atomic E-state index is 0.157. The molecular weight excluding hydrogens is 186 g/mol. The Hall–Kier alpha value is -1.31. The van der Waals surface area contributed by atoms with Crippen molar-refractivity contribution >= 4 is 11.6 Å². The maximum Gasteiger partial charge on any atom is 0.227 e. The van der Waals surface area contributed by atoms with Crippen molar-refractivity contribution in [3.8, 4) is 0 Å². The Morgan fingerprint density at radius 1 is 1.40 bits per heavy atom. The topological polar surface area (TPSA) is 29.1 Å². The van der Waals surface area contributed by atoms with E-state index in [4.69, 9.17) is 0 Å². The molecule has 0 radical (unpaired) electrons. The molecule has 15 heavy (non-hydrogen) atoms. The third kappa shape index (κ3) is 1.89. The van der Waals surface area contributed by atoms with Gasteiger partial charge in [-0.3, -0.25) is 4.79 Å². The maximum absolute atomic E-state index is 11.6. The number of carbonyl (C=O) groups excluding carboxylic acids is 1. The number of amides is 1. The van der Waals surface area contributed by atoms with E-state index in [1.165, 1.54) is 11.1 Å². The molecular formula is C13H17NO. The van der Waals surface area contributed by atoms with Crippen molar-refractivity contribution in [2.24, 2.45) is 5.92 Å². The third-order valence-corrected chi connectivity index (χ3v) is 3.17. The van der Waals surface area contributed by atoms with E-state index in [-0.39, 0.29) is 11.8 Å². The number of hydrogen-bond donors (Lipinski definition) is 1. The normalized spacial score (nSPS) is 19.6. The molecule has 2 rings (SSSR count). The first-order valence-electron chi connectivity index (χ1n) is 5.67. The van der Waals surface area contributed by atoms with Crippen molar-refractivity contribution in [2.45, 2.75) is 33.1 Å². The second kappa shape index (κ2) is 4.05. The van der Waals surface area contributed by atoms with Crippen LogP contribution in [0.5, 0.6) is 0 Å². The molecule has 0 bridgehead atoms. The third-order valence-electron chi connectivity index (χ3n) is 3.17. The fraction of sp³-hybridized carbons (Fsp3) is 0.462. The number of nitrogens with one attached hydrogen (secondary N) is 1. The Kier molecular flexibility index (Phi) is 2.76. The van der Waals surface area contributed by atoms with Crippen LogP contribution in [0.4, 0.5) is 5.69 Å². The SMILES string of the molecule is CCc1ccc2c(c1)CC(CC)C(=O)N2. The molecule has 1 aliphatic rings. The lowest BCUT2D eigenvalue weighted by molar-refractivity contribution is -0.120. The molecule has 1 unspecified atom stereocenters. The molecule has 0 spiro atoms. The van der Waals surface area contributed by atoms with Crippen molar-refractivity contribution in [3.63, 3.8) is 0 Å². The van der Waals surface area contributed by atoms with Gasteiger partial charge < -0.3 is 5.32 Å². The molecule has 1 aliphatic heterocycles. The van der Waals surface area contributed by atoms with Gasteiger partial charge >= 0.3 is 0 Å². The number of rotatable bonds is 2. The summed E-state index contributed by atoms with van der Waals surface area (Å²) in [5.74, 6) is 0.332. The van der Waals surface area contributed by atoms with E-state index in [1.54, 1.807) is 0 Å². The molecule has 1 aromatic carbocycles. The van der Waals surface area contributed by atoms with Crippen molar-refractivity contribution in [3.05, 3.63) is 29.3 Å². The van der Waals surface area contributed by atoms with Gasteiger partial charge in [-0.1, -0.05) is 26.0 Å². The van der Waals surface area contributed by atoms with Gasteiger partial charge in [0.15, 0.2) is 0 Å². The zero-order valence-corrected chi connectivity index (χ0v) is 9.34. The number of hydrogen-bond acceptors (Lipinski definition) is 1. The van der Waals surface area contributed by atoms with E-state index in [1.807, 2.05) is 6.07 Å². The quantitative estimate of drug-likeness (QED) is 0.786. The summed E-state index contributed by atoms with van der Waals surface area (Å²) in [6.45, 7) is 4.22. The Morgan fingerprint density at radius 3 is 2.87 bits per heavy atom. The molecule has 80 valence electrons. The summed E-state index contributed by atoms with van der Waals surface area (Å²) in [6, 6.07) is 6.33. The van der Waals surface area contributed by atoms with Crippen molar-refractivity contribution < 1.29 is 4.79 Å². The molecule has 0 saturated carbocycles. The molecule has 0 aliphatic carbocycles. The number of fused-ring (bicyclic) bond motifs is 1. The Balaban J connectivity index is 2.33. The molecule has 2 nitrogen and oxygen atoms in total. The molecule has 0 saturated heterocycles. The van der Waals surface area contributed by atoms with Gasteiger partial charge in [0.2, 0.25) is 5.91 Å². The van der Waals surface area contributed by atoms with Crippen LogP contribution in [0.25, 0.3) is 0 Å². The highest BCUT2D eigenvalue weighted by molar-refractivity contribution is 5.95. The van der Waals surface area contributed by atoms with Crippen LogP contribution in [-0.4, -0.2) is 5.91 Å². The van der Waals surface area contributed by atoms with E-state index in [0.717, 1.165) is 24.9 Å². The van der Waals surface area contributed by atoms with Gasteiger partial charge in [0.1, 0.15) is 0 Å². The van der Waals surface area contributed by atoms with E-state index < -0.39 is 0 Å². The van der Waals surface area contributed by atoms with Gasteiger partial charge in [-0.15, -0.1) is 0 Å². The summed E-state index contributed by atoms with van der Waals surface area (Å²) in [5.41, 5.74) is 3.64. The zero-order chi connectivity index (χ0) is 10.8. The number of aryl methyl sites for hydroxylation is 1. The van der Waals surface area contributed by atoms with Crippen LogP contribution in [0.15, 0.2) is 18.2 Å². The molecule has 0 aromatic heterocycles. The second-order valence-electron chi connectivity index (χ2n) is 4.14. The van der Waals surface area contributed by atoms with E-state index >= 15 is 0 Å². The van der Waals surface area contributed by atoms with Gasteiger partial charge in [-0.05, 0) is 36.5 Å². The molecule has 1 aromatic rings. The molecule has 1 amide bonds. The average Bonchev–Trinajstić information content (AvgIpc) is 2.27. The Bertz CT molecular complexity index is 384. The molecule has 1 N–H and O–H groups in total. The Morgan fingerprint density at radius 2 is 2.20 bits per heavy atom. The van der Waals surface area contributed by atoms with Crippen molar-refractivity contribution in [1.82, 2.24) is 0 Å². The van der Waals surface area contributed by atoms with Gasteiger partial charge in [0.05, 0.1) is 0 Å². The lowest BCUT2D eigenvalue weighted by atomic mass is 9.90. The number of carbonyl (C=O) groups is 1. The van der Waals surface area contributed by atoms with Gasteiger partial charge in [0, 0.05) is 11.6 Å². The molecule has 2 heteroatoms. The monoisotopic (exact) mass is 203 g/mol. The van der Waals surface area contributed by atoms with Crippen LogP contribution in [0.2, 0.25) is 0 Å². The Labute approximate surface area is 90.7 Å². The van der Waals surface area contributed by atoms with Crippen LogP contribution >= 0.6 is 0 Å². The summed E-state index contributed by atoms with van der Waals surface area (Å²) in [4.78, 5) is 11.6. The van der Waals surface area contributed by atoms with Crippen LogP contribution in [0, 0.1) is 5.92 Å². The van der Waals surface area contributed by atoms with Gasteiger partial charge in [-0.25, -0.2) is 0 Å². The van der Waals surface area contributed by atoms with Crippen LogP contribution in [0.1, 0.15) is 31.4 Å². The second-order valence-corrected chi connectivity index (χ2v) is 4.14. The lowest BCUT2D eigenvalue weighted by Crippen LogP contribution is -2.29. The van der Waals surface area contributed by atoms with Crippen LogP contribution in [0.3, 0.4) is 0 Å². The predicted octanol–water partition coefficient (Wildman–Crippen LogP) is 2.77. The minimum atomic E-state index is 0.157. The van der Waals surface area contributed by atoms with E-state index in [9.17, 15) is 4.79 Å². The molecule has 1 atom stereocenters. The fourth-order valence-electron chi connectivity index (χ4n) is 2.08. The van der Waals surface area contributed by atoms with Gasteiger partial charge in [-0.2, -0.15) is 0 Å². The summed E-state index contributed by atoms with van der Waals surface area (Å²) in [7, 11) is 0. The summed E-state index contributed by atoms with van der Waals surface area (Å²) in [5, 5.41) is 2.97. The summed E-state index contributed by atoms with van der Waals surface area (Å²) < 4.78 is 0. The van der Waals surface area contributed by atoms with Gasteiger partial charge in [0.25, 0.3) is 0 Å². The molecule has 0 fully saturated rings. The van der Waals surface area contributed by atoms with E-state index in [2.05, 4.69) is 31.3 Å². The number of anilines is 1. The lowest BCUT2D eigenvalue weighted by Gasteiger charge is -2.24. The largest absolute Gasteiger partial charge is 0.326 e. The number of benzene rings is 1. The van der Waals surface area contributed by atoms with Crippen LogP contribution < -0.4 is 5.32 Å². The minimum Gasteiger partial charge on any atom is -0.326 e. The highest BCUT2D eigenvalue weighted by Crippen LogP contribution is 2.27. The average molecular weight is 203 g/mol. The summed E-state index contributed by atoms with van der Waals surface area (Å²) >= 11 is 0. The highest BCUT2D eigenvalue weighted by atomic mass is 16.1. The first-order chi connectivity index (χ1) is 7.24. The first kappa shape index (κ1) is 10.2. The first-order valence-corrected chi connectivity index (χ1v) is 5.67. The zero-order valence-electron chi connectivity index (χ0n) is 9.34. The van der Waals surface area contributed by atoms with E-state index in [0.29, 0.717) is 0 Å². The molecule has 1 heterocycles. The summed E-state index contributed by atoms with van der Waals surface area (Å²) in [6.07, 6.45) is 2.87. The maximum atomic E-state index is 11.6. The fourth-order valence-corrected chi connectivity index (χ4v) is 2.08. The predicted molar refractivity (Wildman–Crippen MR) is 61.9 cm³/mol. The van der Waals surface area contributed by atoms with Crippen molar-refractivity contribution in [2.75, 3.05) is 5.32 Å². The standard InChI is InChI=1S/C13H17NO/c1-3-9-5-6-12-11(7-9)8-10(4-2)13(15)14-12/h5-7,10H,3-4,8H2,1-2H3,(H,14,15). The van der Waals surface area contributed by atoms with Crippen LogP contribution in [-0.2, 0) is 17.6 Å². The highest BCUT2D eigenvalue weighted by Gasteiger charge is 2.24. The van der Waals surface area contributed by atoms with Crippen molar-refractivity contribution in [1.29, 1.82) is 0 Å². The smallest absolute Gasteiger partial charge is 0.227 e.